The van der Waals surface area contributed by atoms with Crippen LogP contribution in [0.2, 0.25) is 5.02 Å². The first-order chi connectivity index (χ1) is 11.3. The number of rotatable bonds is 1. The molecule has 0 radical (unpaired) electrons. The molecule has 114 valence electrons. The summed E-state index contributed by atoms with van der Waals surface area (Å²) in [6.45, 7) is 0.847. The summed E-state index contributed by atoms with van der Waals surface area (Å²) >= 11 is 7.97. The summed E-state index contributed by atoms with van der Waals surface area (Å²) in [5.74, 6) is 0.963. The lowest BCUT2D eigenvalue weighted by Gasteiger charge is -2.19. The molecule has 3 heteroatoms. The summed E-state index contributed by atoms with van der Waals surface area (Å²) in [4.78, 5) is 1.22. The van der Waals surface area contributed by atoms with Gasteiger partial charge in [-0.2, -0.15) is 0 Å². The smallest absolute Gasteiger partial charge is 0.0482 e. The second-order valence-corrected chi connectivity index (χ2v) is 7.09. The van der Waals surface area contributed by atoms with Crippen LogP contribution in [0.25, 0.3) is 11.1 Å². The first-order valence-corrected chi connectivity index (χ1v) is 8.99. The van der Waals surface area contributed by atoms with Gasteiger partial charge in [-0.25, -0.2) is 0 Å². The Kier molecular flexibility index (Phi) is 4.02. The minimum atomic E-state index is 0.789. The van der Waals surface area contributed by atoms with Crippen molar-refractivity contribution in [2.75, 3.05) is 5.32 Å². The Hall–Kier alpha value is -1.90. The highest BCUT2D eigenvalue weighted by molar-refractivity contribution is 7.98. The molecule has 0 aromatic heterocycles. The van der Waals surface area contributed by atoms with Crippen molar-refractivity contribution < 1.29 is 0 Å². The highest BCUT2D eigenvalue weighted by atomic mass is 35.5. The Bertz CT molecular complexity index is 846. The van der Waals surface area contributed by atoms with E-state index in [4.69, 9.17) is 11.6 Å². The van der Waals surface area contributed by atoms with Crippen LogP contribution in [0.1, 0.15) is 11.1 Å². The van der Waals surface area contributed by atoms with Crippen LogP contribution in [0.4, 0.5) is 5.69 Å². The quantitative estimate of drug-likeness (QED) is 0.565. The molecule has 23 heavy (non-hydrogen) atoms. The van der Waals surface area contributed by atoms with Crippen molar-refractivity contribution in [2.45, 2.75) is 17.2 Å². The fourth-order valence-corrected chi connectivity index (χ4v) is 4.17. The van der Waals surface area contributed by atoms with Crippen molar-refractivity contribution >= 4 is 29.1 Å². The maximum absolute atomic E-state index is 6.14. The number of hydrogen-bond donors (Lipinski definition) is 1. The molecule has 1 aliphatic heterocycles. The predicted octanol–water partition coefficient (Wildman–Crippen LogP) is 6.22. The molecule has 1 aliphatic rings. The van der Waals surface area contributed by atoms with Crippen LogP contribution in [0.5, 0.6) is 0 Å². The zero-order valence-electron chi connectivity index (χ0n) is 12.6. The summed E-state index contributed by atoms with van der Waals surface area (Å²) in [6.07, 6.45) is 0. The van der Waals surface area contributed by atoms with Gasteiger partial charge in [-0.3, -0.25) is 0 Å². The molecule has 1 heterocycles. The van der Waals surface area contributed by atoms with E-state index in [1.165, 1.54) is 27.1 Å². The SMILES string of the molecule is Clc1ccc2c(c1)SCc1cc(-c3ccccc3)ccc1CN2. The number of halogens is 1. The van der Waals surface area contributed by atoms with Crippen molar-refractivity contribution in [3.8, 4) is 11.1 Å². The fraction of sp³-hybridized carbons (Fsp3) is 0.100. The van der Waals surface area contributed by atoms with E-state index in [1.54, 1.807) is 0 Å². The molecular formula is C20H16ClNS. The van der Waals surface area contributed by atoms with Gasteiger partial charge in [0.1, 0.15) is 0 Å². The van der Waals surface area contributed by atoms with Crippen molar-refractivity contribution in [3.05, 3.63) is 82.9 Å². The molecule has 0 aliphatic carbocycles. The van der Waals surface area contributed by atoms with Gasteiger partial charge in [-0.05, 0) is 46.5 Å². The maximum Gasteiger partial charge on any atom is 0.0482 e. The second kappa shape index (κ2) is 6.31. The minimum Gasteiger partial charge on any atom is -0.380 e. The monoisotopic (exact) mass is 337 g/mol. The molecule has 3 aromatic carbocycles. The van der Waals surface area contributed by atoms with E-state index in [0.29, 0.717) is 0 Å². The van der Waals surface area contributed by atoms with Crippen LogP contribution in [-0.4, -0.2) is 0 Å². The lowest BCUT2D eigenvalue weighted by atomic mass is 9.99. The summed E-state index contributed by atoms with van der Waals surface area (Å²) < 4.78 is 0. The van der Waals surface area contributed by atoms with Crippen LogP contribution in [0.3, 0.4) is 0 Å². The molecule has 4 rings (SSSR count). The lowest BCUT2D eigenvalue weighted by molar-refractivity contribution is 1.09. The Morgan fingerprint density at radius 2 is 1.70 bits per heavy atom. The maximum atomic E-state index is 6.14. The molecule has 0 amide bonds. The third-order valence-electron chi connectivity index (χ3n) is 4.11. The number of thioether (sulfide) groups is 1. The molecule has 0 spiro atoms. The first-order valence-electron chi connectivity index (χ1n) is 7.63. The number of nitrogens with one attached hydrogen (secondary N) is 1. The highest BCUT2D eigenvalue weighted by Crippen LogP contribution is 2.36. The average molecular weight is 338 g/mol. The van der Waals surface area contributed by atoms with Crippen molar-refractivity contribution in [2.24, 2.45) is 0 Å². The van der Waals surface area contributed by atoms with Crippen LogP contribution in [-0.2, 0) is 12.3 Å². The molecule has 0 bridgehead atoms. The third kappa shape index (κ3) is 3.10. The molecular weight excluding hydrogens is 322 g/mol. The summed E-state index contributed by atoms with van der Waals surface area (Å²) in [7, 11) is 0. The van der Waals surface area contributed by atoms with Gasteiger partial charge < -0.3 is 5.32 Å². The second-order valence-electron chi connectivity index (χ2n) is 5.63. The van der Waals surface area contributed by atoms with Crippen LogP contribution < -0.4 is 5.32 Å². The van der Waals surface area contributed by atoms with Gasteiger partial charge in [0.2, 0.25) is 0 Å². The third-order valence-corrected chi connectivity index (χ3v) is 5.45. The van der Waals surface area contributed by atoms with Crippen molar-refractivity contribution in [3.63, 3.8) is 0 Å². The predicted molar refractivity (Wildman–Crippen MR) is 100 cm³/mol. The van der Waals surface area contributed by atoms with E-state index in [-0.39, 0.29) is 0 Å². The Labute approximate surface area is 145 Å². The van der Waals surface area contributed by atoms with Gasteiger partial charge in [0.15, 0.2) is 0 Å². The van der Waals surface area contributed by atoms with E-state index >= 15 is 0 Å². The normalized spacial score (nSPS) is 13.3. The van der Waals surface area contributed by atoms with Gasteiger partial charge in [0.05, 0.1) is 0 Å². The Balaban J connectivity index is 1.68. The fourth-order valence-electron chi connectivity index (χ4n) is 2.85. The topological polar surface area (TPSA) is 12.0 Å². The molecule has 0 saturated carbocycles. The van der Waals surface area contributed by atoms with Gasteiger partial charge in [-0.1, -0.05) is 54.1 Å². The van der Waals surface area contributed by atoms with Crippen molar-refractivity contribution in [1.29, 1.82) is 0 Å². The van der Waals surface area contributed by atoms with Crippen LogP contribution in [0, 0.1) is 0 Å². The average Bonchev–Trinajstić information content (AvgIpc) is 2.58. The zero-order chi connectivity index (χ0) is 15.6. The Morgan fingerprint density at radius 1 is 0.826 bits per heavy atom. The Morgan fingerprint density at radius 3 is 2.57 bits per heavy atom. The van der Waals surface area contributed by atoms with E-state index in [0.717, 1.165) is 23.0 Å². The van der Waals surface area contributed by atoms with E-state index in [9.17, 15) is 0 Å². The number of hydrogen-bond acceptors (Lipinski definition) is 2. The van der Waals surface area contributed by atoms with Gasteiger partial charge in [0, 0.05) is 27.9 Å². The lowest BCUT2D eigenvalue weighted by Crippen LogP contribution is -2.06. The molecule has 1 N–H and O–H groups in total. The molecule has 1 nitrogen and oxygen atoms in total. The molecule has 3 aromatic rings. The number of benzene rings is 3. The van der Waals surface area contributed by atoms with Crippen molar-refractivity contribution in [1.82, 2.24) is 0 Å². The number of anilines is 1. The van der Waals surface area contributed by atoms with Crippen LogP contribution in [0.15, 0.2) is 71.6 Å². The van der Waals surface area contributed by atoms with E-state index in [1.807, 2.05) is 23.9 Å². The molecule has 0 fully saturated rings. The molecule has 0 unspecified atom stereocenters. The van der Waals surface area contributed by atoms with Crippen LogP contribution >= 0.6 is 23.4 Å². The molecule has 0 atom stereocenters. The summed E-state index contributed by atoms with van der Waals surface area (Å²) in [6, 6.07) is 23.4. The van der Waals surface area contributed by atoms with Gasteiger partial charge in [-0.15, -0.1) is 11.8 Å². The zero-order valence-corrected chi connectivity index (χ0v) is 14.1. The highest BCUT2D eigenvalue weighted by Gasteiger charge is 2.12. The van der Waals surface area contributed by atoms with E-state index < -0.39 is 0 Å². The molecule has 0 saturated heterocycles. The van der Waals surface area contributed by atoms with Gasteiger partial charge in [0.25, 0.3) is 0 Å². The number of fused-ring (bicyclic) bond motifs is 2. The first kappa shape index (κ1) is 14.7. The minimum absolute atomic E-state index is 0.789. The largest absolute Gasteiger partial charge is 0.380 e. The van der Waals surface area contributed by atoms with Gasteiger partial charge >= 0.3 is 0 Å². The summed E-state index contributed by atoms with van der Waals surface area (Å²) in [5, 5.41) is 4.32. The van der Waals surface area contributed by atoms with E-state index in [2.05, 4.69) is 59.9 Å². The summed E-state index contributed by atoms with van der Waals surface area (Å²) in [5.41, 5.74) is 6.44. The standard InChI is InChI=1S/C20H16ClNS/c21-18-8-9-19-20(11-18)23-13-17-10-15(6-7-16(17)12-22-19)14-4-2-1-3-5-14/h1-11,22H,12-13H2.